The van der Waals surface area contributed by atoms with Gasteiger partial charge < -0.3 is 5.73 Å². The lowest BCUT2D eigenvalue weighted by Gasteiger charge is -2.06. The molecule has 0 aromatic heterocycles. The summed E-state index contributed by atoms with van der Waals surface area (Å²) in [5.41, 5.74) is 7.67. The van der Waals surface area contributed by atoms with Crippen molar-refractivity contribution in [2.24, 2.45) is 11.8 Å². The molecule has 3 unspecified atom stereocenters. The third kappa shape index (κ3) is 1.72. The van der Waals surface area contributed by atoms with Gasteiger partial charge in [0.05, 0.1) is 0 Å². The number of nitrogens with two attached hydrogens (primary N) is 1. The molecule has 2 fully saturated rings. The van der Waals surface area contributed by atoms with E-state index in [9.17, 15) is 9.59 Å². The Morgan fingerprint density at radius 3 is 2.82 bits per heavy atom. The first-order chi connectivity index (χ1) is 8.08. The lowest BCUT2D eigenvalue weighted by molar-refractivity contribution is -0.133. The molecule has 0 bridgehead atoms. The van der Waals surface area contributed by atoms with Crippen molar-refractivity contribution in [2.45, 2.75) is 12.3 Å². The quantitative estimate of drug-likeness (QED) is 0.458. The Hall–Kier alpha value is -1.11. The van der Waals surface area contributed by atoms with Crippen molar-refractivity contribution in [1.82, 2.24) is 5.32 Å². The number of fused-ring (bicyclic) bond motifs is 1. The molecule has 0 spiro atoms. The fraction of sp³-hybridized carbons (Fsp3) is 0.333. The number of nitrogen functional groups attached to an aromatic ring is 1. The maximum atomic E-state index is 11.7. The zero-order valence-corrected chi connectivity index (χ0v) is 11.1. The highest BCUT2D eigenvalue weighted by Crippen LogP contribution is 2.58. The molecule has 88 valence electrons. The van der Waals surface area contributed by atoms with E-state index in [0.717, 1.165) is 9.13 Å². The minimum atomic E-state index is -0.164. The summed E-state index contributed by atoms with van der Waals surface area (Å²) in [5, 5.41) is 2.38. The van der Waals surface area contributed by atoms with Gasteiger partial charge in [-0.05, 0) is 52.3 Å². The second-order valence-corrected chi connectivity index (χ2v) is 5.85. The minimum Gasteiger partial charge on any atom is -0.398 e. The Balaban J connectivity index is 1.95. The highest BCUT2D eigenvalue weighted by Gasteiger charge is 2.59. The molecule has 5 heteroatoms. The molecule has 3 rings (SSSR count). The summed E-state index contributed by atoms with van der Waals surface area (Å²) in [6.07, 6.45) is 0.436. The van der Waals surface area contributed by atoms with Gasteiger partial charge in [-0.3, -0.25) is 14.9 Å². The number of anilines is 1. The Morgan fingerprint density at radius 2 is 2.06 bits per heavy atom. The van der Waals surface area contributed by atoms with Crippen LogP contribution in [0.4, 0.5) is 5.69 Å². The Labute approximate surface area is 112 Å². The molecule has 1 aromatic rings. The molecular weight excluding hydrogens is 331 g/mol. The summed E-state index contributed by atoms with van der Waals surface area (Å²) in [6.45, 7) is 0. The number of hydrogen-bond acceptors (Lipinski definition) is 3. The minimum absolute atomic E-state index is 0.0619. The molecule has 0 radical (unpaired) electrons. The molecular formula is C12H11IN2O2. The smallest absolute Gasteiger partial charge is 0.230 e. The van der Waals surface area contributed by atoms with Crippen molar-refractivity contribution < 1.29 is 9.59 Å². The van der Waals surface area contributed by atoms with Gasteiger partial charge in [-0.25, -0.2) is 0 Å². The molecule has 1 saturated carbocycles. The van der Waals surface area contributed by atoms with Crippen molar-refractivity contribution in [3.63, 3.8) is 0 Å². The van der Waals surface area contributed by atoms with E-state index in [2.05, 4.69) is 27.9 Å². The van der Waals surface area contributed by atoms with Crippen LogP contribution in [0.15, 0.2) is 18.2 Å². The van der Waals surface area contributed by atoms with Crippen molar-refractivity contribution in [2.75, 3.05) is 5.73 Å². The van der Waals surface area contributed by atoms with Gasteiger partial charge in [0.25, 0.3) is 0 Å². The van der Waals surface area contributed by atoms with Crippen LogP contribution in [-0.2, 0) is 9.59 Å². The van der Waals surface area contributed by atoms with Crippen molar-refractivity contribution in [3.05, 3.63) is 27.3 Å². The van der Waals surface area contributed by atoms with Crippen LogP contribution >= 0.6 is 22.6 Å². The molecule has 1 aromatic carbocycles. The zero-order chi connectivity index (χ0) is 12.2. The number of amides is 2. The van der Waals surface area contributed by atoms with E-state index < -0.39 is 0 Å². The second-order valence-electron chi connectivity index (χ2n) is 4.61. The molecule has 2 aliphatic rings. The highest BCUT2D eigenvalue weighted by molar-refractivity contribution is 14.1. The summed E-state index contributed by atoms with van der Waals surface area (Å²) in [6, 6.07) is 5.81. The summed E-state index contributed by atoms with van der Waals surface area (Å²) >= 11 is 2.22. The zero-order valence-electron chi connectivity index (χ0n) is 8.94. The third-order valence-corrected chi connectivity index (χ3v) is 4.23. The summed E-state index contributed by atoms with van der Waals surface area (Å²) in [7, 11) is 0. The number of rotatable bonds is 1. The first-order valence-corrected chi connectivity index (χ1v) is 6.54. The number of halogens is 1. The highest BCUT2D eigenvalue weighted by atomic mass is 127. The molecule has 17 heavy (non-hydrogen) atoms. The molecule has 2 amide bonds. The molecule has 3 atom stereocenters. The van der Waals surface area contributed by atoms with Gasteiger partial charge in [-0.1, -0.05) is 0 Å². The van der Waals surface area contributed by atoms with E-state index in [1.807, 2.05) is 18.2 Å². The maximum absolute atomic E-state index is 11.7. The molecule has 4 nitrogen and oxygen atoms in total. The van der Waals surface area contributed by atoms with Crippen LogP contribution < -0.4 is 11.1 Å². The molecule has 1 saturated heterocycles. The summed E-state index contributed by atoms with van der Waals surface area (Å²) in [5.74, 6) is -0.0985. The van der Waals surface area contributed by atoms with Crippen LogP contribution in [0.5, 0.6) is 0 Å². The average Bonchev–Trinajstić information content (AvgIpc) is 2.95. The number of imide groups is 1. The predicted molar refractivity (Wildman–Crippen MR) is 71.1 cm³/mol. The Kier molecular flexibility index (Phi) is 2.39. The van der Waals surface area contributed by atoms with E-state index in [0.29, 0.717) is 12.1 Å². The normalized spacial score (nSPS) is 30.8. The number of hydrogen-bond donors (Lipinski definition) is 2. The molecule has 1 heterocycles. The van der Waals surface area contributed by atoms with E-state index in [1.165, 1.54) is 0 Å². The van der Waals surface area contributed by atoms with Gasteiger partial charge in [0.15, 0.2) is 0 Å². The standard InChI is InChI=1S/C12H11IN2O2/c13-5-1-2-8(14)6(3-5)10-7-4-9(16)15-12(17)11(7)10/h1-3,7,10-11H,4,14H2,(H,15,16,17). The van der Waals surface area contributed by atoms with Crippen molar-refractivity contribution in [3.8, 4) is 0 Å². The topological polar surface area (TPSA) is 72.2 Å². The van der Waals surface area contributed by atoms with Crippen LogP contribution in [-0.4, -0.2) is 11.8 Å². The fourth-order valence-electron chi connectivity index (χ4n) is 2.73. The van der Waals surface area contributed by atoms with Crippen LogP contribution in [0.3, 0.4) is 0 Å². The largest absolute Gasteiger partial charge is 0.398 e. The number of benzene rings is 1. The maximum Gasteiger partial charge on any atom is 0.230 e. The Bertz CT molecular complexity index is 529. The third-order valence-electron chi connectivity index (χ3n) is 3.56. The van der Waals surface area contributed by atoms with E-state index in [-0.39, 0.29) is 29.6 Å². The summed E-state index contributed by atoms with van der Waals surface area (Å²) < 4.78 is 1.10. The van der Waals surface area contributed by atoms with E-state index in [1.54, 1.807) is 0 Å². The SMILES string of the molecule is Nc1ccc(I)cc1C1C2CC(=O)NC(=O)C21. The van der Waals surface area contributed by atoms with Gasteiger partial charge >= 0.3 is 0 Å². The predicted octanol–water partition coefficient (Wildman–Crippen LogP) is 1.25. The van der Waals surface area contributed by atoms with Crippen LogP contribution in [0.1, 0.15) is 17.9 Å². The molecule has 1 aliphatic heterocycles. The number of nitrogens with one attached hydrogen (secondary N) is 1. The van der Waals surface area contributed by atoms with Gasteiger partial charge in [0.2, 0.25) is 11.8 Å². The number of piperidine rings is 1. The van der Waals surface area contributed by atoms with Crippen LogP contribution in [0.25, 0.3) is 0 Å². The lowest BCUT2D eigenvalue weighted by atomic mass is 10.1. The second kappa shape index (κ2) is 3.69. The monoisotopic (exact) mass is 342 g/mol. The van der Waals surface area contributed by atoms with Crippen molar-refractivity contribution >= 4 is 40.1 Å². The van der Waals surface area contributed by atoms with Crippen LogP contribution in [0.2, 0.25) is 0 Å². The number of carbonyl (C=O) groups is 2. The number of carbonyl (C=O) groups excluding carboxylic acids is 2. The first-order valence-electron chi connectivity index (χ1n) is 5.46. The fourth-order valence-corrected chi connectivity index (χ4v) is 3.24. The van der Waals surface area contributed by atoms with Crippen LogP contribution in [0, 0.1) is 15.4 Å². The lowest BCUT2D eigenvalue weighted by Crippen LogP contribution is -2.36. The Morgan fingerprint density at radius 1 is 1.29 bits per heavy atom. The van der Waals surface area contributed by atoms with Gasteiger partial charge in [0.1, 0.15) is 0 Å². The first kappa shape index (κ1) is 11.0. The average molecular weight is 342 g/mol. The van der Waals surface area contributed by atoms with Gasteiger partial charge in [-0.15, -0.1) is 0 Å². The van der Waals surface area contributed by atoms with E-state index in [4.69, 9.17) is 5.73 Å². The van der Waals surface area contributed by atoms with Gasteiger partial charge in [-0.2, -0.15) is 0 Å². The summed E-state index contributed by atoms with van der Waals surface area (Å²) in [4.78, 5) is 22.9. The molecule has 3 N–H and O–H groups in total. The molecule has 1 aliphatic carbocycles. The van der Waals surface area contributed by atoms with Crippen molar-refractivity contribution in [1.29, 1.82) is 0 Å². The van der Waals surface area contributed by atoms with E-state index >= 15 is 0 Å². The van der Waals surface area contributed by atoms with Gasteiger partial charge in [0, 0.05) is 27.5 Å².